The van der Waals surface area contributed by atoms with Gasteiger partial charge in [0.15, 0.2) is 5.17 Å². The van der Waals surface area contributed by atoms with Crippen LogP contribution in [0.15, 0.2) is 94.8 Å². The fourth-order valence-corrected chi connectivity index (χ4v) is 5.70. The first-order chi connectivity index (χ1) is 19.7. The Labute approximate surface area is 241 Å². The molecule has 0 unspecified atom stereocenters. The van der Waals surface area contributed by atoms with Crippen LogP contribution in [0.4, 0.5) is 0 Å². The molecule has 4 aromatic rings. The van der Waals surface area contributed by atoms with E-state index >= 15 is 0 Å². The van der Waals surface area contributed by atoms with Crippen LogP contribution in [0.25, 0.3) is 11.8 Å². The van der Waals surface area contributed by atoms with E-state index in [9.17, 15) is 24.6 Å². The average Bonchev–Trinajstić information content (AvgIpc) is 3.41. The van der Waals surface area contributed by atoms with Crippen molar-refractivity contribution in [2.75, 3.05) is 0 Å². The number of amides is 1. The number of aromatic carboxylic acids is 2. The van der Waals surface area contributed by atoms with Crippen LogP contribution in [0, 0.1) is 13.8 Å². The number of hydrogen-bond acceptors (Lipinski definition) is 5. The van der Waals surface area contributed by atoms with Gasteiger partial charge in [-0.3, -0.25) is 14.7 Å². The van der Waals surface area contributed by atoms with Gasteiger partial charge in [-0.2, -0.15) is 0 Å². The van der Waals surface area contributed by atoms with E-state index in [-0.39, 0.29) is 17.0 Å². The number of aliphatic imine (C=N–C) groups is 1. The van der Waals surface area contributed by atoms with Gasteiger partial charge in [-0.05, 0) is 72.6 Å². The van der Waals surface area contributed by atoms with Crippen molar-refractivity contribution in [3.63, 3.8) is 0 Å². The van der Waals surface area contributed by atoms with Crippen molar-refractivity contribution in [1.29, 1.82) is 0 Å². The molecule has 8 nitrogen and oxygen atoms in total. The number of amidine groups is 1. The summed E-state index contributed by atoms with van der Waals surface area (Å²) in [6, 6.07) is 25.5. The molecule has 5 rings (SSSR count). The second-order valence-corrected chi connectivity index (χ2v) is 10.6. The van der Waals surface area contributed by atoms with Gasteiger partial charge in [0.1, 0.15) is 0 Å². The van der Waals surface area contributed by atoms with E-state index in [4.69, 9.17) is 4.99 Å². The van der Waals surface area contributed by atoms with Crippen LogP contribution in [0.1, 0.15) is 48.8 Å². The lowest BCUT2D eigenvalue weighted by Crippen LogP contribution is -2.28. The zero-order valence-corrected chi connectivity index (χ0v) is 23.3. The molecule has 41 heavy (non-hydrogen) atoms. The van der Waals surface area contributed by atoms with Crippen molar-refractivity contribution in [2.24, 2.45) is 4.99 Å². The van der Waals surface area contributed by atoms with E-state index in [0.29, 0.717) is 28.8 Å². The van der Waals surface area contributed by atoms with Crippen molar-refractivity contribution in [3.05, 3.63) is 129 Å². The summed E-state index contributed by atoms with van der Waals surface area (Å²) in [5.41, 5.74) is 4.48. The van der Waals surface area contributed by atoms with Gasteiger partial charge in [0, 0.05) is 17.1 Å². The molecule has 2 heterocycles. The standard InChI is InChI=1S/C32H27N3O5S/c1-20-13-24(21(2)35(20)27-15-25(30(37)38)14-26(16-27)31(39)40)17-28-29(36)34(19-23-11-7-4-8-12-23)32(41-28)33-18-22-9-5-3-6-10-22/h3-17H,18-19H2,1-2H3,(H,37,38)(H,39,40)/b28-17-,33-32?. The van der Waals surface area contributed by atoms with Crippen LogP contribution < -0.4 is 0 Å². The predicted molar refractivity (Wildman–Crippen MR) is 159 cm³/mol. The molecule has 1 fully saturated rings. The zero-order chi connectivity index (χ0) is 29.1. The van der Waals surface area contributed by atoms with E-state index in [1.54, 1.807) is 9.47 Å². The Morgan fingerprint density at radius 2 is 1.44 bits per heavy atom. The lowest BCUT2D eigenvalue weighted by atomic mass is 10.1. The van der Waals surface area contributed by atoms with Gasteiger partial charge in [-0.1, -0.05) is 60.7 Å². The molecule has 206 valence electrons. The van der Waals surface area contributed by atoms with Crippen molar-refractivity contribution >= 4 is 40.9 Å². The van der Waals surface area contributed by atoms with Crippen LogP contribution in [0.3, 0.4) is 0 Å². The molecule has 1 saturated heterocycles. The molecule has 1 amide bonds. The maximum atomic E-state index is 13.7. The number of carboxylic acid groups (broad SMARTS) is 2. The molecule has 9 heteroatoms. The summed E-state index contributed by atoms with van der Waals surface area (Å²) in [4.78, 5) is 44.0. The van der Waals surface area contributed by atoms with Crippen molar-refractivity contribution in [3.8, 4) is 5.69 Å². The van der Waals surface area contributed by atoms with Crippen LogP contribution in [0.5, 0.6) is 0 Å². The molecule has 0 radical (unpaired) electrons. The average molecular weight is 566 g/mol. The Hall–Kier alpha value is -4.89. The number of hydrogen-bond donors (Lipinski definition) is 2. The normalized spacial score (nSPS) is 15.2. The van der Waals surface area contributed by atoms with E-state index in [0.717, 1.165) is 34.1 Å². The number of thioether (sulfide) groups is 1. The Morgan fingerprint density at radius 3 is 2.02 bits per heavy atom. The fraction of sp³-hybridized carbons (Fsp3) is 0.125. The summed E-state index contributed by atoms with van der Waals surface area (Å²) >= 11 is 1.32. The van der Waals surface area contributed by atoms with E-state index in [2.05, 4.69) is 0 Å². The maximum absolute atomic E-state index is 13.7. The van der Waals surface area contributed by atoms with Crippen LogP contribution in [0.2, 0.25) is 0 Å². The molecule has 1 aliphatic rings. The number of carbonyl (C=O) groups is 3. The SMILES string of the molecule is Cc1cc(/C=C2\SC(=NCc3ccccc3)N(Cc3ccccc3)C2=O)c(C)n1-c1cc(C(=O)O)cc(C(=O)O)c1. The molecule has 0 bridgehead atoms. The zero-order valence-electron chi connectivity index (χ0n) is 22.4. The highest BCUT2D eigenvalue weighted by Gasteiger charge is 2.33. The van der Waals surface area contributed by atoms with Gasteiger partial charge in [0.2, 0.25) is 0 Å². The summed E-state index contributed by atoms with van der Waals surface area (Å²) in [7, 11) is 0. The van der Waals surface area contributed by atoms with Gasteiger partial charge in [0.25, 0.3) is 5.91 Å². The smallest absolute Gasteiger partial charge is 0.335 e. The lowest BCUT2D eigenvalue weighted by Gasteiger charge is -2.15. The quantitative estimate of drug-likeness (QED) is 0.247. The minimum absolute atomic E-state index is 0.121. The summed E-state index contributed by atoms with van der Waals surface area (Å²) in [5, 5.41) is 19.7. The first kappa shape index (κ1) is 27.7. The van der Waals surface area contributed by atoms with Gasteiger partial charge in [-0.25, -0.2) is 9.59 Å². The van der Waals surface area contributed by atoms with Gasteiger partial charge >= 0.3 is 11.9 Å². The molecule has 0 aliphatic carbocycles. The van der Waals surface area contributed by atoms with Crippen molar-refractivity contribution in [2.45, 2.75) is 26.9 Å². The highest BCUT2D eigenvalue weighted by Crippen LogP contribution is 2.35. The molecule has 3 aromatic carbocycles. The molecule has 1 aliphatic heterocycles. The van der Waals surface area contributed by atoms with Gasteiger partial charge in [-0.15, -0.1) is 0 Å². The lowest BCUT2D eigenvalue weighted by molar-refractivity contribution is -0.122. The fourth-order valence-electron chi connectivity index (χ4n) is 4.73. The predicted octanol–water partition coefficient (Wildman–Crippen LogP) is 6.16. The van der Waals surface area contributed by atoms with Crippen molar-refractivity contribution < 1.29 is 24.6 Å². The molecule has 1 aromatic heterocycles. The van der Waals surface area contributed by atoms with Crippen LogP contribution in [-0.2, 0) is 17.9 Å². The van der Waals surface area contributed by atoms with E-state index < -0.39 is 11.9 Å². The second-order valence-electron chi connectivity index (χ2n) is 9.61. The van der Waals surface area contributed by atoms with E-state index in [1.807, 2.05) is 86.7 Å². The van der Waals surface area contributed by atoms with Gasteiger partial charge < -0.3 is 14.8 Å². The largest absolute Gasteiger partial charge is 0.478 e. The topological polar surface area (TPSA) is 112 Å². The first-order valence-electron chi connectivity index (χ1n) is 12.9. The number of nitrogens with zero attached hydrogens (tertiary/aromatic N) is 3. The van der Waals surface area contributed by atoms with Crippen molar-refractivity contribution in [1.82, 2.24) is 9.47 Å². The molecule has 2 N–H and O–H groups in total. The number of aromatic nitrogens is 1. The number of aryl methyl sites for hydroxylation is 1. The van der Waals surface area contributed by atoms with E-state index in [1.165, 1.54) is 23.9 Å². The monoisotopic (exact) mass is 565 g/mol. The van der Waals surface area contributed by atoms with Crippen LogP contribution >= 0.6 is 11.8 Å². The number of carbonyl (C=O) groups excluding carboxylic acids is 1. The number of carboxylic acids is 2. The third kappa shape index (κ3) is 6.00. The third-order valence-electron chi connectivity index (χ3n) is 6.74. The second kappa shape index (κ2) is 11.7. The summed E-state index contributed by atoms with van der Waals surface area (Å²) in [6.07, 6.45) is 1.81. The number of benzene rings is 3. The third-order valence-corrected chi connectivity index (χ3v) is 7.78. The molecular formula is C32H27N3O5S. The molecule has 0 atom stereocenters. The first-order valence-corrected chi connectivity index (χ1v) is 13.7. The number of rotatable bonds is 8. The molecular weight excluding hydrogens is 538 g/mol. The highest BCUT2D eigenvalue weighted by atomic mass is 32.2. The highest BCUT2D eigenvalue weighted by molar-refractivity contribution is 8.18. The Kier molecular flexibility index (Phi) is 7.89. The Morgan fingerprint density at radius 1 is 0.854 bits per heavy atom. The summed E-state index contributed by atoms with van der Waals surface area (Å²) in [6.45, 7) is 4.52. The minimum Gasteiger partial charge on any atom is -0.478 e. The maximum Gasteiger partial charge on any atom is 0.335 e. The summed E-state index contributed by atoms with van der Waals surface area (Å²) < 4.78 is 1.79. The van der Waals surface area contributed by atoms with Crippen LogP contribution in [-0.4, -0.2) is 42.7 Å². The Balaban J connectivity index is 1.52. The molecule has 0 saturated carbocycles. The Bertz CT molecular complexity index is 1680. The molecule has 0 spiro atoms. The van der Waals surface area contributed by atoms with Gasteiger partial charge in [0.05, 0.1) is 29.1 Å². The summed E-state index contributed by atoms with van der Waals surface area (Å²) in [5.74, 6) is -2.59. The minimum atomic E-state index is -1.21.